The Morgan fingerprint density at radius 2 is 1.85 bits per heavy atom. The number of piperazine rings is 1. The van der Waals surface area contributed by atoms with E-state index < -0.39 is 0 Å². The zero-order chi connectivity index (χ0) is 24.1. The van der Waals surface area contributed by atoms with Crippen LogP contribution in [-0.4, -0.2) is 67.4 Å². The first kappa shape index (κ1) is 23.3. The van der Waals surface area contributed by atoms with Crippen LogP contribution in [-0.2, 0) is 0 Å². The summed E-state index contributed by atoms with van der Waals surface area (Å²) in [6.07, 6.45) is 1.67. The maximum atomic E-state index is 13.6. The highest BCUT2D eigenvalue weighted by Crippen LogP contribution is 2.28. The lowest BCUT2D eigenvalue weighted by Gasteiger charge is -2.40. The average Bonchev–Trinajstić information content (AvgIpc) is 2.89. The van der Waals surface area contributed by atoms with Gasteiger partial charge in [-0.2, -0.15) is 0 Å². The Hall–Kier alpha value is -3.91. The summed E-state index contributed by atoms with van der Waals surface area (Å²) in [6, 6.07) is 18.6. The highest BCUT2D eigenvalue weighted by molar-refractivity contribution is 5.99. The molecule has 0 radical (unpaired) electrons. The quantitative estimate of drug-likeness (QED) is 0.588. The van der Waals surface area contributed by atoms with Gasteiger partial charge in [-0.25, -0.2) is 4.98 Å². The number of hydrogen-bond acceptors (Lipinski definition) is 6. The van der Waals surface area contributed by atoms with Gasteiger partial charge < -0.3 is 20.3 Å². The van der Waals surface area contributed by atoms with Gasteiger partial charge in [0.05, 0.1) is 18.7 Å². The molecule has 1 fully saturated rings. The van der Waals surface area contributed by atoms with Crippen LogP contribution in [0.25, 0.3) is 0 Å². The van der Waals surface area contributed by atoms with E-state index in [0.717, 1.165) is 23.5 Å². The van der Waals surface area contributed by atoms with Crippen LogP contribution in [0.1, 0.15) is 32.3 Å². The van der Waals surface area contributed by atoms with E-state index in [0.29, 0.717) is 30.0 Å². The van der Waals surface area contributed by atoms with Crippen LogP contribution in [0.5, 0.6) is 5.75 Å². The van der Waals surface area contributed by atoms with E-state index >= 15 is 0 Å². The van der Waals surface area contributed by atoms with Gasteiger partial charge in [-0.05, 0) is 61.1 Å². The van der Waals surface area contributed by atoms with Crippen molar-refractivity contribution in [1.29, 1.82) is 0 Å². The van der Waals surface area contributed by atoms with Crippen LogP contribution in [0, 0.1) is 0 Å². The molecule has 0 aliphatic carbocycles. The Morgan fingerprint density at radius 1 is 1.06 bits per heavy atom. The third-order valence-electron chi connectivity index (χ3n) is 6.09. The summed E-state index contributed by atoms with van der Waals surface area (Å²) in [4.78, 5) is 34.1. The van der Waals surface area contributed by atoms with Gasteiger partial charge in [-0.15, -0.1) is 0 Å². The Labute approximate surface area is 199 Å². The molecular weight excluding hydrogens is 430 g/mol. The third kappa shape index (κ3) is 5.02. The second-order valence-corrected chi connectivity index (χ2v) is 8.21. The van der Waals surface area contributed by atoms with Crippen molar-refractivity contribution in [1.82, 2.24) is 20.1 Å². The molecule has 2 amide bonds. The minimum absolute atomic E-state index is 0.0167. The second-order valence-electron chi connectivity index (χ2n) is 8.21. The van der Waals surface area contributed by atoms with Crippen molar-refractivity contribution < 1.29 is 14.3 Å². The molecule has 1 aliphatic rings. The van der Waals surface area contributed by atoms with Gasteiger partial charge in [-0.3, -0.25) is 14.5 Å². The lowest BCUT2D eigenvalue weighted by atomic mass is 9.99. The van der Waals surface area contributed by atoms with Crippen molar-refractivity contribution in [2.75, 3.05) is 46.2 Å². The average molecular weight is 460 g/mol. The lowest BCUT2D eigenvalue weighted by Crippen LogP contribution is -2.49. The van der Waals surface area contributed by atoms with Crippen molar-refractivity contribution >= 4 is 23.3 Å². The van der Waals surface area contributed by atoms with Crippen LogP contribution in [0.3, 0.4) is 0 Å². The van der Waals surface area contributed by atoms with Crippen molar-refractivity contribution in [3.05, 3.63) is 83.6 Å². The Balaban J connectivity index is 1.55. The molecule has 1 atom stereocenters. The highest BCUT2D eigenvalue weighted by atomic mass is 16.5. The topological polar surface area (TPSA) is 86.8 Å². The summed E-state index contributed by atoms with van der Waals surface area (Å²) in [6.45, 7) is 1.85. The number of benzene rings is 2. The van der Waals surface area contributed by atoms with E-state index in [2.05, 4.69) is 20.5 Å². The number of likely N-dealkylation sites (N-methyl/N-ethyl adjacent to an activating group) is 1. The number of nitrogens with zero attached hydrogens (tertiary/aromatic N) is 3. The summed E-state index contributed by atoms with van der Waals surface area (Å²) in [5, 5.41) is 5.92. The minimum atomic E-state index is -0.127. The molecule has 0 saturated carbocycles. The van der Waals surface area contributed by atoms with Crippen molar-refractivity contribution in [2.24, 2.45) is 0 Å². The summed E-state index contributed by atoms with van der Waals surface area (Å²) in [5.74, 6) is 1.06. The van der Waals surface area contributed by atoms with Crippen molar-refractivity contribution in [3.63, 3.8) is 0 Å². The number of amides is 2. The molecule has 2 heterocycles. The maximum Gasteiger partial charge on any atom is 0.257 e. The zero-order valence-electron chi connectivity index (χ0n) is 19.6. The summed E-state index contributed by atoms with van der Waals surface area (Å²) in [7, 11) is 5.28. The Kier molecular flexibility index (Phi) is 7.08. The molecule has 2 aromatic carbocycles. The summed E-state index contributed by atoms with van der Waals surface area (Å²) >= 11 is 0. The van der Waals surface area contributed by atoms with Gasteiger partial charge in [-0.1, -0.05) is 12.1 Å². The number of aromatic nitrogens is 1. The molecule has 2 N–H and O–H groups in total. The maximum absolute atomic E-state index is 13.6. The molecule has 1 aromatic heterocycles. The smallest absolute Gasteiger partial charge is 0.257 e. The molecule has 1 saturated heterocycles. The van der Waals surface area contributed by atoms with Gasteiger partial charge in [0, 0.05) is 44.1 Å². The first-order chi connectivity index (χ1) is 16.5. The number of carbonyl (C=O) groups is 2. The van der Waals surface area contributed by atoms with Gasteiger partial charge in [0.25, 0.3) is 11.8 Å². The van der Waals surface area contributed by atoms with E-state index in [1.54, 1.807) is 38.6 Å². The Bertz CT molecular complexity index is 1170. The number of carbonyl (C=O) groups excluding carboxylic acids is 2. The normalized spacial score (nSPS) is 16.1. The first-order valence-electron chi connectivity index (χ1n) is 11.2. The van der Waals surface area contributed by atoms with Crippen LogP contribution in [0.15, 0.2) is 66.9 Å². The van der Waals surface area contributed by atoms with E-state index in [1.165, 1.54) is 0 Å². The molecule has 0 bridgehead atoms. The fraction of sp³-hybridized carbons (Fsp3) is 0.269. The second kappa shape index (κ2) is 10.4. The first-order valence-corrected chi connectivity index (χ1v) is 11.2. The number of nitrogens with one attached hydrogen (secondary N) is 2. The number of ether oxygens (including phenoxy) is 1. The summed E-state index contributed by atoms with van der Waals surface area (Å²) < 4.78 is 5.21. The zero-order valence-corrected chi connectivity index (χ0v) is 19.6. The van der Waals surface area contributed by atoms with E-state index in [9.17, 15) is 9.59 Å². The number of pyridine rings is 1. The molecular formula is C26H29N5O3. The minimum Gasteiger partial charge on any atom is -0.497 e. The van der Waals surface area contributed by atoms with Gasteiger partial charge in [0.1, 0.15) is 11.6 Å². The van der Waals surface area contributed by atoms with Crippen molar-refractivity contribution in [3.8, 4) is 5.75 Å². The largest absolute Gasteiger partial charge is 0.497 e. The fourth-order valence-corrected chi connectivity index (χ4v) is 4.11. The number of anilines is 2. The van der Waals surface area contributed by atoms with Crippen molar-refractivity contribution in [2.45, 2.75) is 6.04 Å². The van der Waals surface area contributed by atoms with Gasteiger partial charge in [0.15, 0.2) is 0 Å². The third-order valence-corrected chi connectivity index (χ3v) is 6.09. The molecule has 34 heavy (non-hydrogen) atoms. The van der Waals surface area contributed by atoms with Crippen LogP contribution in [0.4, 0.5) is 11.5 Å². The van der Waals surface area contributed by atoms with E-state index in [4.69, 9.17) is 4.74 Å². The molecule has 176 valence electrons. The van der Waals surface area contributed by atoms with E-state index in [1.807, 2.05) is 54.4 Å². The Morgan fingerprint density at radius 3 is 2.59 bits per heavy atom. The lowest BCUT2D eigenvalue weighted by molar-refractivity contribution is 0.0546. The molecule has 3 aromatic rings. The van der Waals surface area contributed by atoms with Gasteiger partial charge in [0.2, 0.25) is 0 Å². The summed E-state index contributed by atoms with van der Waals surface area (Å²) in [5.41, 5.74) is 2.94. The molecule has 8 heteroatoms. The highest BCUT2D eigenvalue weighted by Gasteiger charge is 2.30. The molecule has 0 spiro atoms. The van der Waals surface area contributed by atoms with Crippen LogP contribution >= 0.6 is 0 Å². The molecule has 1 aliphatic heterocycles. The number of hydrogen-bond donors (Lipinski definition) is 2. The predicted molar refractivity (Wildman–Crippen MR) is 132 cm³/mol. The molecule has 4 rings (SSSR count). The predicted octanol–water partition coefficient (Wildman–Crippen LogP) is 3.32. The van der Waals surface area contributed by atoms with Crippen LogP contribution in [0.2, 0.25) is 0 Å². The van der Waals surface area contributed by atoms with Crippen LogP contribution < -0.4 is 15.4 Å². The van der Waals surface area contributed by atoms with Gasteiger partial charge >= 0.3 is 0 Å². The number of methoxy groups -OCH3 is 1. The number of rotatable bonds is 6. The molecule has 0 unspecified atom stereocenters. The standard InChI is InChI=1S/C26H29N5O3/c1-27-25(32)19-7-4-6-18(16-19)23-17-31(15-14-30(23)2)26(33)22-8-5-13-28-24(22)29-20-9-11-21(34-3)12-10-20/h4-13,16,23H,14-15,17H2,1-3H3,(H,27,32)(H,28,29)/t23-/m0/s1. The van der Waals surface area contributed by atoms with E-state index in [-0.39, 0.29) is 17.9 Å². The monoisotopic (exact) mass is 459 g/mol. The SMILES string of the molecule is CNC(=O)c1cccc([C@@H]2CN(C(=O)c3cccnc3Nc3ccc(OC)cc3)CCN2C)c1. The molecule has 8 nitrogen and oxygen atoms in total. The fourth-order valence-electron chi connectivity index (χ4n) is 4.11.